The van der Waals surface area contributed by atoms with Crippen LogP contribution in [-0.4, -0.2) is 41.4 Å². The summed E-state index contributed by atoms with van der Waals surface area (Å²) in [5.74, 6) is 0. The summed E-state index contributed by atoms with van der Waals surface area (Å²) in [5, 5.41) is 12.4. The number of hydrogen-bond donors (Lipinski definition) is 2. The Kier molecular flexibility index (Phi) is 1.87. The van der Waals surface area contributed by atoms with Crippen molar-refractivity contribution in [2.75, 3.05) is 20.1 Å². The topological polar surface area (TPSA) is 35.5 Å². The lowest BCUT2D eigenvalue weighted by Gasteiger charge is -2.37. The van der Waals surface area contributed by atoms with Crippen LogP contribution in [0.4, 0.5) is 0 Å². The fourth-order valence-electron chi connectivity index (χ4n) is 0.779. The third-order valence-electron chi connectivity index (χ3n) is 1.36. The van der Waals surface area contributed by atoms with E-state index in [1.54, 1.807) is 7.05 Å². The van der Waals surface area contributed by atoms with Gasteiger partial charge in [-0.3, -0.25) is 0 Å². The summed E-state index contributed by atoms with van der Waals surface area (Å²) in [6.45, 7) is 1.36. The molecule has 0 aliphatic carbocycles. The molecule has 0 aromatic heterocycles. The maximum atomic E-state index is 8.83. The second-order valence-corrected chi connectivity index (χ2v) is 2.50. The Balaban J connectivity index is 2.23. The Bertz CT molecular complexity index is 122. The van der Waals surface area contributed by atoms with Crippen molar-refractivity contribution >= 4 is 17.3 Å². The predicted octanol–water partition coefficient (Wildman–Crippen LogP) is -0.833. The van der Waals surface area contributed by atoms with E-state index in [9.17, 15) is 0 Å². The highest BCUT2D eigenvalue weighted by Gasteiger charge is 2.25. The standard InChI is InChI=1S/C5H10N2OS/c1-6-5(9)7-2-4(8)3-7/h4,8H,2-3H2,1H3,(H,6,9). The number of nitrogens with one attached hydrogen (secondary N) is 1. The van der Waals surface area contributed by atoms with Gasteiger partial charge in [0.05, 0.1) is 6.10 Å². The molecule has 0 aromatic rings. The van der Waals surface area contributed by atoms with Gasteiger partial charge in [0.25, 0.3) is 0 Å². The molecule has 1 saturated heterocycles. The number of nitrogens with zero attached hydrogens (tertiary/aromatic N) is 1. The lowest BCUT2D eigenvalue weighted by molar-refractivity contribution is 0.0464. The number of hydrogen-bond acceptors (Lipinski definition) is 2. The van der Waals surface area contributed by atoms with Gasteiger partial charge in [0.15, 0.2) is 5.11 Å². The van der Waals surface area contributed by atoms with Gasteiger partial charge in [0.1, 0.15) is 0 Å². The molecule has 52 valence electrons. The van der Waals surface area contributed by atoms with Gasteiger partial charge in [-0.15, -0.1) is 0 Å². The molecule has 9 heavy (non-hydrogen) atoms. The van der Waals surface area contributed by atoms with E-state index in [2.05, 4.69) is 5.32 Å². The molecule has 3 nitrogen and oxygen atoms in total. The fraction of sp³-hybridized carbons (Fsp3) is 0.800. The number of β-amino-alcohol motifs (C(OH)–C–C–N with tert-alkyl or cyclic N) is 1. The van der Waals surface area contributed by atoms with Gasteiger partial charge in [-0.25, -0.2) is 0 Å². The summed E-state index contributed by atoms with van der Waals surface area (Å²) in [7, 11) is 1.78. The largest absolute Gasteiger partial charge is 0.389 e. The molecule has 1 fully saturated rings. The molecule has 0 atom stereocenters. The summed E-state index contributed by atoms with van der Waals surface area (Å²) in [6.07, 6.45) is -0.170. The fourth-order valence-corrected chi connectivity index (χ4v) is 0.928. The van der Waals surface area contributed by atoms with E-state index in [0.29, 0.717) is 13.1 Å². The van der Waals surface area contributed by atoms with Crippen molar-refractivity contribution in [3.63, 3.8) is 0 Å². The zero-order valence-corrected chi connectivity index (χ0v) is 6.11. The molecular formula is C5H10N2OS. The highest BCUT2D eigenvalue weighted by Crippen LogP contribution is 2.06. The molecule has 1 rings (SSSR count). The Morgan fingerprint density at radius 1 is 1.78 bits per heavy atom. The predicted molar refractivity (Wildman–Crippen MR) is 39.2 cm³/mol. The van der Waals surface area contributed by atoms with Crippen molar-refractivity contribution in [3.05, 3.63) is 0 Å². The van der Waals surface area contributed by atoms with Crippen molar-refractivity contribution in [2.24, 2.45) is 0 Å². The number of thiocarbonyl (C=S) groups is 1. The first-order valence-corrected chi connectivity index (χ1v) is 3.29. The van der Waals surface area contributed by atoms with Crippen LogP contribution in [0.5, 0.6) is 0 Å². The van der Waals surface area contributed by atoms with Crippen LogP contribution in [0.25, 0.3) is 0 Å². The first-order valence-electron chi connectivity index (χ1n) is 2.88. The average molecular weight is 146 g/mol. The molecule has 1 heterocycles. The van der Waals surface area contributed by atoms with Crippen molar-refractivity contribution in [2.45, 2.75) is 6.10 Å². The Morgan fingerprint density at radius 2 is 2.33 bits per heavy atom. The second-order valence-electron chi connectivity index (χ2n) is 2.11. The number of aliphatic hydroxyl groups excluding tert-OH is 1. The van der Waals surface area contributed by atoms with Crippen LogP contribution < -0.4 is 5.32 Å². The van der Waals surface area contributed by atoms with E-state index in [4.69, 9.17) is 17.3 Å². The molecule has 0 unspecified atom stereocenters. The maximum absolute atomic E-state index is 8.83. The zero-order valence-electron chi connectivity index (χ0n) is 5.29. The average Bonchev–Trinajstić information content (AvgIpc) is 1.79. The Hall–Kier alpha value is -0.350. The molecule has 1 aliphatic heterocycles. The van der Waals surface area contributed by atoms with Gasteiger partial charge in [0, 0.05) is 20.1 Å². The van der Waals surface area contributed by atoms with Crippen LogP contribution in [0.2, 0.25) is 0 Å². The van der Waals surface area contributed by atoms with E-state index in [1.165, 1.54) is 0 Å². The van der Waals surface area contributed by atoms with Crippen molar-refractivity contribution in [3.8, 4) is 0 Å². The molecule has 0 bridgehead atoms. The summed E-state index contributed by atoms with van der Waals surface area (Å²) in [4.78, 5) is 1.92. The summed E-state index contributed by atoms with van der Waals surface area (Å²) < 4.78 is 0. The van der Waals surface area contributed by atoms with Crippen LogP contribution in [0.3, 0.4) is 0 Å². The molecule has 4 heteroatoms. The molecule has 0 aromatic carbocycles. The number of aliphatic hydroxyl groups is 1. The molecule has 0 spiro atoms. The third-order valence-corrected chi connectivity index (χ3v) is 1.83. The zero-order chi connectivity index (χ0) is 6.85. The highest BCUT2D eigenvalue weighted by atomic mass is 32.1. The van der Waals surface area contributed by atoms with Crippen LogP contribution in [0.15, 0.2) is 0 Å². The normalized spacial score (nSPS) is 19.1. The summed E-state index contributed by atoms with van der Waals surface area (Å²) in [5.41, 5.74) is 0. The van der Waals surface area contributed by atoms with Gasteiger partial charge < -0.3 is 15.3 Å². The molecule has 0 saturated carbocycles. The van der Waals surface area contributed by atoms with E-state index in [0.717, 1.165) is 5.11 Å². The summed E-state index contributed by atoms with van der Waals surface area (Å²) in [6, 6.07) is 0. The van der Waals surface area contributed by atoms with Crippen LogP contribution in [-0.2, 0) is 0 Å². The van der Waals surface area contributed by atoms with Gasteiger partial charge in [-0.2, -0.15) is 0 Å². The van der Waals surface area contributed by atoms with Crippen molar-refractivity contribution in [1.82, 2.24) is 10.2 Å². The van der Waals surface area contributed by atoms with Crippen LogP contribution >= 0.6 is 12.2 Å². The minimum absolute atomic E-state index is 0.170. The molecule has 2 N–H and O–H groups in total. The molecular weight excluding hydrogens is 136 g/mol. The maximum Gasteiger partial charge on any atom is 0.168 e. The minimum Gasteiger partial charge on any atom is -0.389 e. The van der Waals surface area contributed by atoms with Crippen molar-refractivity contribution in [1.29, 1.82) is 0 Å². The SMILES string of the molecule is CNC(=S)N1CC(O)C1. The van der Waals surface area contributed by atoms with E-state index in [1.807, 2.05) is 4.90 Å². The van der Waals surface area contributed by atoms with E-state index < -0.39 is 0 Å². The number of likely N-dealkylation sites (tertiary alicyclic amines) is 1. The highest BCUT2D eigenvalue weighted by molar-refractivity contribution is 7.80. The van der Waals surface area contributed by atoms with E-state index in [-0.39, 0.29) is 6.10 Å². The lowest BCUT2D eigenvalue weighted by Crippen LogP contribution is -2.55. The van der Waals surface area contributed by atoms with Crippen LogP contribution in [0.1, 0.15) is 0 Å². The molecule has 0 radical (unpaired) electrons. The van der Waals surface area contributed by atoms with Gasteiger partial charge in [0.2, 0.25) is 0 Å². The molecule has 0 amide bonds. The Morgan fingerprint density at radius 3 is 2.67 bits per heavy atom. The van der Waals surface area contributed by atoms with Crippen molar-refractivity contribution < 1.29 is 5.11 Å². The van der Waals surface area contributed by atoms with Gasteiger partial charge >= 0.3 is 0 Å². The smallest absolute Gasteiger partial charge is 0.168 e. The minimum atomic E-state index is -0.170. The van der Waals surface area contributed by atoms with Crippen LogP contribution in [0, 0.1) is 0 Å². The first kappa shape index (κ1) is 6.77. The Labute approximate surface area is 59.7 Å². The molecule has 1 aliphatic rings. The third kappa shape index (κ3) is 1.31. The van der Waals surface area contributed by atoms with Gasteiger partial charge in [-0.1, -0.05) is 0 Å². The number of rotatable bonds is 0. The quantitative estimate of drug-likeness (QED) is 0.437. The van der Waals surface area contributed by atoms with E-state index >= 15 is 0 Å². The lowest BCUT2D eigenvalue weighted by atomic mass is 10.2. The summed E-state index contributed by atoms with van der Waals surface area (Å²) >= 11 is 4.88. The monoisotopic (exact) mass is 146 g/mol. The van der Waals surface area contributed by atoms with Gasteiger partial charge in [-0.05, 0) is 12.2 Å². The second kappa shape index (κ2) is 2.49. The first-order chi connectivity index (χ1) is 4.24.